The number of halogens is 1. The second-order valence-electron chi connectivity index (χ2n) is 4.17. The highest BCUT2D eigenvalue weighted by atomic mass is 79.9. The Morgan fingerprint density at radius 3 is 2.78 bits per heavy atom. The summed E-state index contributed by atoms with van der Waals surface area (Å²) in [6.07, 6.45) is 4.68. The van der Waals surface area contributed by atoms with E-state index >= 15 is 0 Å². The van der Waals surface area contributed by atoms with Gasteiger partial charge in [0.15, 0.2) is 0 Å². The van der Waals surface area contributed by atoms with E-state index in [1.54, 1.807) is 19.3 Å². The van der Waals surface area contributed by atoms with Crippen LogP contribution in [0.5, 0.6) is 0 Å². The van der Waals surface area contributed by atoms with Gasteiger partial charge in [-0.15, -0.1) is 0 Å². The van der Waals surface area contributed by atoms with E-state index in [1.807, 2.05) is 0 Å². The Morgan fingerprint density at radius 1 is 1.50 bits per heavy atom. The van der Waals surface area contributed by atoms with Crippen LogP contribution in [0.25, 0.3) is 0 Å². The van der Waals surface area contributed by atoms with Crippen molar-refractivity contribution in [2.24, 2.45) is 0 Å². The highest BCUT2D eigenvalue weighted by Crippen LogP contribution is 2.18. The topological polar surface area (TPSA) is 54.0 Å². The number of hydrogen-bond acceptors (Lipinski definition) is 3. The van der Waals surface area contributed by atoms with Crippen molar-refractivity contribution in [2.45, 2.75) is 39.2 Å². The lowest BCUT2D eigenvalue weighted by atomic mass is 10.1. The predicted molar refractivity (Wildman–Crippen MR) is 77.9 cm³/mol. The fourth-order valence-electron chi connectivity index (χ4n) is 1.80. The van der Waals surface area contributed by atoms with Crippen LogP contribution in [0.1, 0.15) is 43.5 Å². The molecule has 4 nitrogen and oxygen atoms in total. The van der Waals surface area contributed by atoms with Crippen molar-refractivity contribution in [1.82, 2.24) is 10.3 Å². The maximum absolute atomic E-state index is 12.2. The predicted octanol–water partition coefficient (Wildman–Crippen LogP) is 3.19. The van der Waals surface area contributed by atoms with Crippen LogP contribution in [0.2, 0.25) is 0 Å². The van der Waals surface area contributed by atoms with E-state index in [0.717, 1.165) is 23.7 Å². The van der Waals surface area contributed by atoms with Gasteiger partial charge in [0.05, 0.1) is 5.56 Å². The van der Waals surface area contributed by atoms with E-state index < -0.39 is 0 Å². The molecule has 18 heavy (non-hydrogen) atoms. The Morgan fingerprint density at radius 2 is 2.22 bits per heavy atom. The summed E-state index contributed by atoms with van der Waals surface area (Å²) in [4.78, 5) is 16.4. The summed E-state index contributed by atoms with van der Waals surface area (Å²) < 4.78 is 0.801. The molecule has 1 aromatic rings. The van der Waals surface area contributed by atoms with Crippen LogP contribution in [-0.2, 0) is 0 Å². The number of nitrogens with one attached hydrogen (secondary N) is 2. The number of anilines is 1. The zero-order chi connectivity index (χ0) is 13.5. The molecular formula is C13H20BrN3O. The zero-order valence-corrected chi connectivity index (χ0v) is 12.7. The monoisotopic (exact) mass is 313 g/mol. The Bertz CT molecular complexity index is 409. The minimum Gasteiger partial charge on any atom is -0.372 e. The summed E-state index contributed by atoms with van der Waals surface area (Å²) in [6, 6.07) is 2.01. The fourth-order valence-corrected chi connectivity index (χ4v) is 2.13. The van der Waals surface area contributed by atoms with E-state index in [4.69, 9.17) is 0 Å². The Balaban J connectivity index is 2.85. The van der Waals surface area contributed by atoms with Gasteiger partial charge in [-0.25, -0.2) is 4.98 Å². The smallest absolute Gasteiger partial charge is 0.255 e. The van der Waals surface area contributed by atoms with Crippen molar-refractivity contribution in [3.8, 4) is 0 Å². The molecule has 0 bridgehead atoms. The Labute approximate surface area is 117 Å². The van der Waals surface area contributed by atoms with Gasteiger partial charge in [0, 0.05) is 23.8 Å². The summed E-state index contributed by atoms with van der Waals surface area (Å²) in [5, 5.41) is 5.98. The lowest BCUT2D eigenvalue weighted by Crippen LogP contribution is -2.34. The zero-order valence-electron chi connectivity index (χ0n) is 11.1. The van der Waals surface area contributed by atoms with Crippen LogP contribution >= 0.6 is 15.9 Å². The molecule has 0 saturated carbocycles. The van der Waals surface area contributed by atoms with Crippen molar-refractivity contribution in [3.05, 3.63) is 22.3 Å². The van der Waals surface area contributed by atoms with Gasteiger partial charge in [0.1, 0.15) is 5.82 Å². The SMILES string of the molecule is CCCC(CC)NC(=O)c1cc(Br)cnc1NC. The summed E-state index contributed by atoms with van der Waals surface area (Å²) in [7, 11) is 1.76. The number of carbonyl (C=O) groups excluding carboxylic acids is 1. The maximum Gasteiger partial charge on any atom is 0.255 e. The van der Waals surface area contributed by atoms with Gasteiger partial charge >= 0.3 is 0 Å². The van der Waals surface area contributed by atoms with Gasteiger partial charge in [0.2, 0.25) is 0 Å². The molecule has 0 aliphatic heterocycles. The number of nitrogens with zero attached hydrogens (tertiary/aromatic N) is 1. The first kappa shape index (κ1) is 15.0. The minimum atomic E-state index is -0.0755. The number of carbonyl (C=O) groups is 1. The van der Waals surface area contributed by atoms with Crippen LogP contribution in [0.4, 0.5) is 5.82 Å². The van der Waals surface area contributed by atoms with Gasteiger partial charge in [-0.05, 0) is 34.8 Å². The molecule has 1 atom stereocenters. The maximum atomic E-state index is 12.2. The molecule has 0 aliphatic carbocycles. The third kappa shape index (κ3) is 3.98. The molecule has 0 aliphatic rings. The Kier molecular flexibility index (Phi) is 6.12. The van der Waals surface area contributed by atoms with Gasteiger partial charge < -0.3 is 10.6 Å². The molecule has 1 aromatic heterocycles. The van der Waals surface area contributed by atoms with Crippen LogP contribution in [0.15, 0.2) is 16.7 Å². The summed E-state index contributed by atoms with van der Waals surface area (Å²) in [6.45, 7) is 4.20. The number of pyridine rings is 1. The average molecular weight is 314 g/mol. The van der Waals surface area contributed by atoms with Gasteiger partial charge in [-0.3, -0.25) is 4.79 Å². The van der Waals surface area contributed by atoms with E-state index in [1.165, 1.54) is 0 Å². The van der Waals surface area contributed by atoms with Gasteiger partial charge in [0.25, 0.3) is 5.91 Å². The van der Waals surface area contributed by atoms with Crippen molar-refractivity contribution in [2.75, 3.05) is 12.4 Å². The largest absolute Gasteiger partial charge is 0.372 e. The second kappa shape index (κ2) is 7.36. The molecule has 0 fully saturated rings. The highest BCUT2D eigenvalue weighted by molar-refractivity contribution is 9.10. The molecule has 1 amide bonds. The van der Waals surface area contributed by atoms with Gasteiger partial charge in [-0.1, -0.05) is 20.3 Å². The first-order valence-electron chi connectivity index (χ1n) is 6.26. The van der Waals surface area contributed by atoms with E-state index in [0.29, 0.717) is 11.4 Å². The first-order valence-corrected chi connectivity index (χ1v) is 7.05. The quantitative estimate of drug-likeness (QED) is 0.848. The number of aromatic nitrogens is 1. The average Bonchev–Trinajstić information content (AvgIpc) is 2.38. The molecule has 0 saturated heterocycles. The van der Waals surface area contributed by atoms with Crippen molar-refractivity contribution >= 4 is 27.7 Å². The molecule has 1 unspecified atom stereocenters. The highest BCUT2D eigenvalue weighted by Gasteiger charge is 2.15. The molecule has 0 spiro atoms. The van der Waals surface area contributed by atoms with Crippen molar-refractivity contribution in [1.29, 1.82) is 0 Å². The second-order valence-corrected chi connectivity index (χ2v) is 5.08. The number of rotatable bonds is 6. The summed E-state index contributed by atoms with van der Waals surface area (Å²) >= 11 is 3.34. The van der Waals surface area contributed by atoms with E-state index in [-0.39, 0.29) is 11.9 Å². The van der Waals surface area contributed by atoms with Crippen LogP contribution in [0.3, 0.4) is 0 Å². The van der Waals surface area contributed by atoms with Crippen LogP contribution < -0.4 is 10.6 Å². The van der Waals surface area contributed by atoms with Crippen molar-refractivity contribution in [3.63, 3.8) is 0 Å². The van der Waals surface area contributed by atoms with Gasteiger partial charge in [-0.2, -0.15) is 0 Å². The summed E-state index contributed by atoms with van der Waals surface area (Å²) in [5.74, 6) is 0.524. The third-order valence-corrected chi connectivity index (χ3v) is 3.23. The fraction of sp³-hybridized carbons (Fsp3) is 0.538. The lowest BCUT2D eigenvalue weighted by Gasteiger charge is -2.17. The van der Waals surface area contributed by atoms with E-state index in [2.05, 4.69) is 45.4 Å². The van der Waals surface area contributed by atoms with Crippen LogP contribution in [0, 0.1) is 0 Å². The van der Waals surface area contributed by atoms with Crippen molar-refractivity contribution < 1.29 is 4.79 Å². The molecule has 2 N–H and O–H groups in total. The molecule has 5 heteroatoms. The summed E-state index contributed by atoms with van der Waals surface area (Å²) in [5.41, 5.74) is 0.571. The normalized spacial score (nSPS) is 12.0. The lowest BCUT2D eigenvalue weighted by molar-refractivity contribution is 0.0934. The molecular weight excluding hydrogens is 294 g/mol. The number of hydrogen-bond donors (Lipinski definition) is 2. The number of amides is 1. The molecule has 0 aromatic carbocycles. The first-order chi connectivity index (χ1) is 8.62. The standard InChI is InChI=1S/C13H20BrN3O/c1-4-6-10(5-2)17-13(18)11-7-9(14)8-16-12(11)15-3/h7-8,10H,4-6H2,1-3H3,(H,15,16)(H,17,18). The van der Waals surface area contributed by atoms with Crippen LogP contribution in [-0.4, -0.2) is 24.0 Å². The minimum absolute atomic E-state index is 0.0755. The molecule has 100 valence electrons. The molecule has 1 rings (SSSR count). The molecule has 1 heterocycles. The third-order valence-electron chi connectivity index (χ3n) is 2.80. The Hall–Kier alpha value is -1.10. The molecule has 0 radical (unpaired) electrons. The van der Waals surface area contributed by atoms with E-state index in [9.17, 15) is 4.79 Å².